The lowest BCUT2D eigenvalue weighted by Crippen LogP contribution is -2.29. The molecule has 21 heavy (non-hydrogen) atoms. The Morgan fingerprint density at radius 1 is 1.19 bits per heavy atom. The Labute approximate surface area is 134 Å². The Morgan fingerprint density at radius 2 is 1.95 bits per heavy atom. The van der Waals surface area contributed by atoms with Gasteiger partial charge in [0.25, 0.3) is 0 Å². The normalized spacial score (nSPS) is 14.7. The van der Waals surface area contributed by atoms with E-state index in [4.69, 9.17) is 12.2 Å². The van der Waals surface area contributed by atoms with Crippen LogP contribution in [-0.2, 0) is 0 Å². The maximum Gasteiger partial charge on any atom is 0.170 e. The highest BCUT2D eigenvalue weighted by atomic mass is 32.1. The fourth-order valence-corrected chi connectivity index (χ4v) is 2.81. The van der Waals surface area contributed by atoms with Gasteiger partial charge in [-0.15, -0.1) is 0 Å². The van der Waals surface area contributed by atoms with Gasteiger partial charge in [0, 0.05) is 12.2 Å². The first-order valence-corrected chi connectivity index (χ1v) is 8.38. The van der Waals surface area contributed by atoms with Gasteiger partial charge in [0.1, 0.15) is 0 Å². The smallest absolute Gasteiger partial charge is 0.170 e. The van der Waals surface area contributed by atoms with Gasteiger partial charge >= 0.3 is 0 Å². The molecule has 1 aromatic rings. The van der Waals surface area contributed by atoms with Crippen molar-refractivity contribution < 1.29 is 0 Å². The van der Waals surface area contributed by atoms with Crippen molar-refractivity contribution >= 4 is 23.0 Å². The van der Waals surface area contributed by atoms with Crippen LogP contribution in [0.1, 0.15) is 57.4 Å². The van der Waals surface area contributed by atoms with Crippen LogP contribution in [0.15, 0.2) is 35.9 Å². The SMILES string of the molecule is CC(C)c1ccc(NC(=S)NCCC2=CCCCC2)cc1. The summed E-state index contributed by atoms with van der Waals surface area (Å²) in [6, 6.07) is 8.49. The molecule has 0 atom stereocenters. The van der Waals surface area contributed by atoms with Crippen LogP contribution in [0, 0.1) is 0 Å². The van der Waals surface area contributed by atoms with Crippen molar-refractivity contribution in [2.45, 2.75) is 51.9 Å². The van der Waals surface area contributed by atoms with Crippen molar-refractivity contribution in [3.05, 3.63) is 41.5 Å². The molecule has 1 aliphatic rings. The van der Waals surface area contributed by atoms with E-state index >= 15 is 0 Å². The first-order valence-electron chi connectivity index (χ1n) is 7.98. The lowest BCUT2D eigenvalue weighted by Gasteiger charge is -2.15. The molecule has 2 rings (SSSR count). The molecular formula is C18H26N2S. The molecule has 0 radical (unpaired) electrons. The zero-order valence-electron chi connectivity index (χ0n) is 13.1. The maximum atomic E-state index is 5.35. The number of allylic oxidation sites excluding steroid dienone is 1. The average molecular weight is 302 g/mol. The van der Waals surface area contributed by atoms with E-state index < -0.39 is 0 Å². The molecule has 114 valence electrons. The van der Waals surface area contributed by atoms with E-state index in [0.717, 1.165) is 18.7 Å². The summed E-state index contributed by atoms with van der Waals surface area (Å²) in [7, 11) is 0. The van der Waals surface area contributed by atoms with Crippen LogP contribution in [-0.4, -0.2) is 11.7 Å². The molecule has 0 bridgehead atoms. The van der Waals surface area contributed by atoms with E-state index in [1.807, 2.05) is 0 Å². The van der Waals surface area contributed by atoms with E-state index in [-0.39, 0.29) is 0 Å². The van der Waals surface area contributed by atoms with Crippen LogP contribution in [0.25, 0.3) is 0 Å². The second kappa shape index (κ2) is 8.18. The summed E-state index contributed by atoms with van der Waals surface area (Å²) >= 11 is 5.35. The predicted octanol–water partition coefficient (Wildman–Crippen LogP) is 4.99. The molecular weight excluding hydrogens is 276 g/mol. The molecule has 0 spiro atoms. The summed E-state index contributed by atoms with van der Waals surface area (Å²) in [6.45, 7) is 5.32. The van der Waals surface area contributed by atoms with Gasteiger partial charge in [-0.2, -0.15) is 0 Å². The minimum Gasteiger partial charge on any atom is -0.362 e. The molecule has 3 heteroatoms. The van der Waals surface area contributed by atoms with Crippen LogP contribution in [0.2, 0.25) is 0 Å². The van der Waals surface area contributed by atoms with Gasteiger partial charge in [-0.1, -0.05) is 37.6 Å². The number of anilines is 1. The van der Waals surface area contributed by atoms with Gasteiger partial charge in [-0.3, -0.25) is 0 Å². The Morgan fingerprint density at radius 3 is 2.57 bits per heavy atom. The Kier molecular flexibility index (Phi) is 6.24. The number of rotatable bonds is 5. The number of nitrogens with one attached hydrogen (secondary N) is 2. The summed E-state index contributed by atoms with van der Waals surface area (Å²) in [4.78, 5) is 0. The zero-order chi connectivity index (χ0) is 15.1. The molecule has 1 aliphatic carbocycles. The van der Waals surface area contributed by atoms with Crippen molar-refractivity contribution in [2.75, 3.05) is 11.9 Å². The minimum absolute atomic E-state index is 0.563. The Bertz CT molecular complexity index is 488. The van der Waals surface area contributed by atoms with Crippen molar-refractivity contribution in [3.63, 3.8) is 0 Å². The molecule has 0 unspecified atom stereocenters. The van der Waals surface area contributed by atoms with Crippen LogP contribution in [0.3, 0.4) is 0 Å². The Balaban J connectivity index is 1.72. The average Bonchev–Trinajstić information content (AvgIpc) is 2.49. The minimum atomic E-state index is 0.563. The molecule has 0 amide bonds. The van der Waals surface area contributed by atoms with Gasteiger partial charge in [0.2, 0.25) is 0 Å². The predicted molar refractivity (Wildman–Crippen MR) is 95.9 cm³/mol. The maximum absolute atomic E-state index is 5.35. The quantitative estimate of drug-likeness (QED) is 0.592. The molecule has 0 aliphatic heterocycles. The fourth-order valence-electron chi connectivity index (χ4n) is 2.59. The van der Waals surface area contributed by atoms with Gasteiger partial charge in [0.15, 0.2) is 5.11 Å². The molecule has 0 heterocycles. The van der Waals surface area contributed by atoms with E-state index in [9.17, 15) is 0 Å². The second-order valence-electron chi connectivity index (χ2n) is 6.02. The molecule has 0 aromatic heterocycles. The Hall–Kier alpha value is -1.35. The largest absolute Gasteiger partial charge is 0.362 e. The zero-order valence-corrected chi connectivity index (χ0v) is 13.9. The van der Waals surface area contributed by atoms with Crippen LogP contribution < -0.4 is 10.6 Å². The van der Waals surface area contributed by atoms with Gasteiger partial charge in [-0.25, -0.2) is 0 Å². The van der Waals surface area contributed by atoms with Gasteiger partial charge in [0.05, 0.1) is 0 Å². The third-order valence-corrected chi connectivity index (χ3v) is 4.20. The van der Waals surface area contributed by atoms with E-state index in [2.05, 4.69) is 54.8 Å². The first kappa shape index (κ1) is 16.0. The molecule has 2 N–H and O–H groups in total. The van der Waals surface area contributed by atoms with Crippen molar-refractivity contribution in [1.82, 2.24) is 5.32 Å². The summed E-state index contributed by atoms with van der Waals surface area (Å²) < 4.78 is 0. The van der Waals surface area contributed by atoms with E-state index in [0.29, 0.717) is 11.0 Å². The van der Waals surface area contributed by atoms with Crippen LogP contribution in [0.5, 0.6) is 0 Å². The lowest BCUT2D eigenvalue weighted by molar-refractivity contribution is 0.669. The van der Waals surface area contributed by atoms with Gasteiger partial charge in [-0.05, 0) is 67.9 Å². The third-order valence-electron chi connectivity index (χ3n) is 3.95. The van der Waals surface area contributed by atoms with Crippen LogP contribution in [0.4, 0.5) is 5.69 Å². The van der Waals surface area contributed by atoms with E-state index in [1.54, 1.807) is 5.57 Å². The fraction of sp³-hybridized carbons (Fsp3) is 0.500. The first-order chi connectivity index (χ1) is 10.1. The van der Waals surface area contributed by atoms with Crippen molar-refractivity contribution in [3.8, 4) is 0 Å². The molecule has 0 saturated carbocycles. The third kappa shape index (κ3) is 5.50. The standard InChI is InChI=1S/C18H26N2S/c1-14(2)16-8-10-17(11-9-16)20-18(21)19-13-12-15-6-4-3-5-7-15/h6,8-11,14H,3-5,7,12-13H2,1-2H3,(H2,19,20,21). The highest BCUT2D eigenvalue weighted by Gasteiger charge is 2.04. The van der Waals surface area contributed by atoms with Gasteiger partial charge < -0.3 is 10.6 Å². The topological polar surface area (TPSA) is 24.1 Å². The van der Waals surface area contributed by atoms with Crippen molar-refractivity contribution in [2.24, 2.45) is 0 Å². The lowest BCUT2D eigenvalue weighted by atomic mass is 9.97. The number of benzene rings is 1. The number of hydrogen-bond acceptors (Lipinski definition) is 1. The van der Waals surface area contributed by atoms with Crippen molar-refractivity contribution in [1.29, 1.82) is 0 Å². The second-order valence-corrected chi connectivity index (χ2v) is 6.42. The molecule has 0 saturated heterocycles. The highest BCUT2D eigenvalue weighted by molar-refractivity contribution is 7.80. The van der Waals surface area contributed by atoms with Crippen LogP contribution >= 0.6 is 12.2 Å². The summed E-state index contributed by atoms with van der Waals surface area (Å²) in [6.07, 6.45) is 8.71. The number of thiocarbonyl (C=S) groups is 1. The molecule has 2 nitrogen and oxygen atoms in total. The summed E-state index contributed by atoms with van der Waals surface area (Å²) in [5.41, 5.74) is 3.98. The highest BCUT2D eigenvalue weighted by Crippen LogP contribution is 2.19. The molecule has 0 fully saturated rings. The molecule has 1 aromatic carbocycles. The number of hydrogen-bond donors (Lipinski definition) is 2. The van der Waals surface area contributed by atoms with E-state index in [1.165, 1.54) is 31.2 Å². The summed E-state index contributed by atoms with van der Waals surface area (Å²) in [5, 5.41) is 7.25. The summed E-state index contributed by atoms with van der Waals surface area (Å²) in [5.74, 6) is 0.563. The monoisotopic (exact) mass is 302 g/mol.